The molecule has 1 aromatic rings. The molecule has 0 aromatic heterocycles. The summed E-state index contributed by atoms with van der Waals surface area (Å²) in [5.74, 6) is 0.426. The Morgan fingerprint density at radius 1 is 1.48 bits per heavy atom. The van der Waals surface area contributed by atoms with E-state index in [0.717, 1.165) is 5.56 Å². The first kappa shape index (κ1) is 17.8. The Hall–Kier alpha value is -1.30. The molecule has 1 atom stereocenters. The second-order valence-corrected chi connectivity index (χ2v) is 5.04. The van der Waals surface area contributed by atoms with Crippen LogP contribution in [0.15, 0.2) is 18.2 Å². The first-order chi connectivity index (χ1) is 10.0. The van der Waals surface area contributed by atoms with Crippen LogP contribution in [0.2, 0.25) is 5.02 Å². The molecule has 0 heterocycles. The number of aliphatic hydroxyl groups is 1. The van der Waals surface area contributed by atoms with Crippen LogP contribution in [0.25, 0.3) is 0 Å². The summed E-state index contributed by atoms with van der Waals surface area (Å²) in [5, 5.41) is 13.4. The quantitative estimate of drug-likeness (QED) is 0.538. The van der Waals surface area contributed by atoms with Crippen molar-refractivity contribution in [2.24, 2.45) is 0 Å². The van der Waals surface area contributed by atoms with E-state index < -0.39 is 6.10 Å². The van der Waals surface area contributed by atoms with Gasteiger partial charge in [-0.25, -0.2) is 0 Å². The largest absolute Gasteiger partial charge is 0.491 e. The number of rotatable bonds is 9. The van der Waals surface area contributed by atoms with Crippen molar-refractivity contribution in [3.63, 3.8) is 0 Å². The van der Waals surface area contributed by atoms with Crippen LogP contribution in [0.3, 0.4) is 0 Å². The average Bonchev–Trinajstić information content (AvgIpc) is 2.45. The number of nitrogens with one attached hydrogen (secondary N) is 1. The van der Waals surface area contributed by atoms with E-state index in [-0.39, 0.29) is 19.0 Å². The number of hydrogen-bond acceptors (Lipinski definition) is 5. The number of carbonyl (C=O) groups excluding carboxylic acids is 1. The summed E-state index contributed by atoms with van der Waals surface area (Å²) in [6.45, 7) is 5.04. The molecule has 0 spiro atoms. The fourth-order valence-electron chi connectivity index (χ4n) is 1.65. The molecule has 0 amide bonds. The third kappa shape index (κ3) is 7.32. The number of aliphatic hydroxyl groups excluding tert-OH is 1. The topological polar surface area (TPSA) is 67.8 Å². The Morgan fingerprint density at radius 2 is 2.24 bits per heavy atom. The highest BCUT2D eigenvalue weighted by atomic mass is 35.5. The summed E-state index contributed by atoms with van der Waals surface area (Å²) < 4.78 is 10.3. The van der Waals surface area contributed by atoms with Gasteiger partial charge in [-0.05, 0) is 37.6 Å². The zero-order valence-electron chi connectivity index (χ0n) is 12.4. The maximum absolute atomic E-state index is 11.1. The Morgan fingerprint density at radius 3 is 2.90 bits per heavy atom. The van der Waals surface area contributed by atoms with Crippen LogP contribution in [0.1, 0.15) is 18.9 Å². The molecule has 2 N–H and O–H groups in total. The fraction of sp³-hybridized carbons (Fsp3) is 0.533. The lowest BCUT2D eigenvalue weighted by Gasteiger charge is -2.13. The van der Waals surface area contributed by atoms with E-state index in [0.29, 0.717) is 30.5 Å². The molecule has 0 aliphatic rings. The Kier molecular flexibility index (Phi) is 8.12. The van der Waals surface area contributed by atoms with Gasteiger partial charge in [0.1, 0.15) is 18.5 Å². The molecule has 0 fully saturated rings. The highest BCUT2D eigenvalue weighted by molar-refractivity contribution is 6.31. The van der Waals surface area contributed by atoms with Gasteiger partial charge in [-0.1, -0.05) is 11.6 Å². The predicted octanol–water partition coefficient (Wildman–Crippen LogP) is 1.93. The maximum Gasteiger partial charge on any atom is 0.307 e. The molecular formula is C15H22ClNO4. The Bertz CT molecular complexity index is 453. The number of hydrogen-bond donors (Lipinski definition) is 2. The van der Waals surface area contributed by atoms with Crippen molar-refractivity contribution in [2.75, 3.05) is 26.3 Å². The van der Waals surface area contributed by atoms with Crippen molar-refractivity contribution in [1.82, 2.24) is 5.32 Å². The SMILES string of the molecule is CCOC(=O)CCNCC(O)COc1ccc(Cl)c(C)c1. The summed E-state index contributed by atoms with van der Waals surface area (Å²) in [6, 6.07) is 5.34. The normalized spacial score (nSPS) is 12.0. The van der Waals surface area contributed by atoms with Gasteiger partial charge in [0, 0.05) is 18.1 Å². The first-order valence-electron chi connectivity index (χ1n) is 6.96. The predicted molar refractivity (Wildman–Crippen MR) is 81.8 cm³/mol. The van der Waals surface area contributed by atoms with E-state index in [9.17, 15) is 9.90 Å². The zero-order chi connectivity index (χ0) is 15.7. The Balaban J connectivity index is 2.17. The van der Waals surface area contributed by atoms with Crippen LogP contribution in [-0.2, 0) is 9.53 Å². The van der Waals surface area contributed by atoms with E-state index in [4.69, 9.17) is 21.1 Å². The van der Waals surface area contributed by atoms with Crippen LogP contribution in [0.4, 0.5) is 0 Å². The molecule has 6 heteroatoms. The van der Waals surface area contributed by atoms with Gasteiger partial charge in [-0.2, -0.15) is 0 Å². The van der Waals surface area contributed by atoms with E-state index in [2.05, 4.69) is 5.32 Å². The molecule has 118 valence electrons. The fourth-order valence-corrected chi connectivity index (χ4v) is 1.77. The summed E-state index contributed by atoms with van der Waals surface area (Å²) in [6.07, 6.45) is -0.360. The molecule has 1 aromatic carbocycles. The van der Waals surface area contributed by atoms with Crippen molar-refractivity contribution >= 4 is 17.6 Å². The molecular weight excluding hydrogens is 294 g/mol. The lowest BCUT2D eigenvalue weighted by Crippen LogP contribution is -2.32. The highest BCUT2D eigenvalue weighted by Crippen LogP contribution is 2.20. The minimum Gasteiger partial charge on any atom is -0.491 e. The summed E-state index contributed by atoms with van der Waals surface area (Å²) >= 11 is 5.92. The van der Waals surface area contributed by atoms with Gasteiger partial charge in [-0.3, -0.25) is 4.79 Å². The number of esters is 1. The van der Waals surface area contributed by atoms with E-state index in [1.807, 2.05) is 13.0 Å². The standard InChI is InChI=1S/C15H22ClNO4/c1-3-20-15(19)6-7-17-9-12(18)10-21-13-4-5-14(16)11(2)8-13/h4-5,8,12,17-18H,3,6-7,9-10H2,1-2H3. The molecule has 0 aliphatic heterocycles. The van der Waals surface area contributed by atoms with Crippen LogP contribution in [0.5, 0.6) is 5.75 Å². The van der Waals surface area contributed by atoms with Gasteiger partial charge in [0.15, 0.2) is 0 Å². The molecule has 0 radical (unpaired) electrons. The number of halogens is 1. The molecule has 21 heavy (non-hydrogen) atoms. The van der Waals surface area contributed by atoms with E-state index in [1.54, 1.807) is 19.1 Å². The molecule has 0 aliphatic carbocycles. The van der Waals surface area contributed by atoms with Crippen molar-refractivity contribution in [3.05, 3.63) is 28.8 Å². The average molecular weight is 316 g/mol. The van der Waals surface area contributed by atoms with Crippen molar-refractivity contribution in [2.45, 2.75) is 26.4 Å². The zero-order valence-corrected chi connectivity index (χ0v) is 13.2. The van der Waals surface area contributed by atoms with Crippen LogP contribution in [-0.4, -0.2) is 43.5 Å². The number of benzene rings is 1. The van der Waals surface area contributed by atoms with Crippen molar-refractivity contribution in [3.8, 4) is 5.75 Å². The van der Waals surface area contributed by atoms with Gasteiger partial charge in [0.25, 0.3) is 0 Å². The van der Waals surface area contributed by atoms with Gasteiger partial charge in [-0.15, -0.1) is 0 Å². The monoisotopic (exact) mass is 315 g/mol. The lowest BCUT2D eigenvalue weighted by atomic mass is 10.2. The molecule has 1 unspecified atom stereocenters. The lowest BCUT2D eigenvalue weighted by molar-refractivity contribution is -0.143. The van der Waals surface area contributed by atoms with Crippen LogP contribution >= 0.6 is 11.6 Å². The molecule has 0 bridgehead atoms. The second kappa shape index (κ2) is 9.60. The number of ether oxygens (including phenoxy) is 2. The van der Waals surface area contributed by atoms with Crippen LogP contribution in [0, 0.1) is 6.92 Å². The van der Waals surface area contributed by atoms with Gasteiger partial charge < -0.3 is 19.9 Å². The Labute approximate surface area is 130 Å². The van der Waals surface area contributed by atoms with Crippen molar-refractivity contribution < 1.29 is 19.4 Å². The number of carbonyl (C=O) groups is 1. The minimum atomic E-state index is -0.650. The maximum atomic E-state index is 11.1. The molecule has 0 saturated heterocycles. The molecule has 0 saturated carbocycles. The third-order valence-electron chi connectivity index (χ3n) is 2.76. The van der Waals surface area contributed by atoms with Crippen LogP contribution < -0.4 is 10.1 Å². The summed E-state index contributed by atoms with van der Waals surface area (Å²) in [7, 11) is 0. The van der Waals surface area contributed by atoms with Crippen molar-refractivity contribution in [1.29, 1.82) is 0 Å². The molecule has 1 rings (SSSR count). The summed E-state index contributed by atoms with van der Waals surface area (Å²) in [5.41, 5.74) is 0.927. The third-order valence-corrected chi connectivity index (χ3v) is 3.19. The minimum absolute atomic E-state index is 0.174. The van der Waals surface area contributed by atoms with Gasteiger partial charge in [0.05, 0.1) is 13.0 Å². The summed E-state index contributed by atoms with van der Waals surface area (Å²) in [4.78, 5) is 11.1. The smallest absolute Gasteiger partial charge is 0.307 e. The number of aryl methyl sites for hydroxylation is 1. The first-order valence-corrected chi connectivity index (χ1v) is 7.34. The highest BCUT2D eigenvalue weighted by Gasteiger charge is 2.07. The van der Waals surface area contributed by atoms with E-state index in [1.165, 1.54) is 0 Å². The second-order valence-electron chi connectivity index (χ2n) is 4.63. The van der Waals surface area contributed by atoms with E-state index >= 15 is 0 Å². The van der Waals surface area contributed by atoms with Gasteiger partial charge in [0.2, 0.25) is 0 Å². The van der Waals surface area contributed by atoms with Gasteiger partial charge >= 0.3 is 5.97 Å². The molecule has 5 nitrogen and oxygen atoms in total.